The summed E-state index contributed by atoms with van der Waals surface area (Å²) in [4.78, 5) is 27.2. The van der Waals surface area contributed by atoms with Crippen molar-refractivity contribution < 1.29 is 14.3 Å². The van der Waals surface area contributed by atoms with Crippen molar-refractivity contribution in [2.24, 2.45) is 0 Å². The van der Waals surface area contributed by atoms with Crippen LogP contribution in [-0.2, 0) is 9.53 Å². The number of nitrogens with zero attached hydrogens (tertiary/aromatic N) is 1. The Morgan fingerprint density at radius 2 is 1.88 bits per heavy atom. The highest BCUT2D eigenvalue weighted by atomic mass is 35.5. The molecule has 0 unspecified atom stereocenters. The van der Waals surface area contributed by atoms with Crippen molar-refractivity contribution in [1.82, 2.24) is 4.90 Å². The minimum absolute atomic E-state index is 0.0642. The number of benzene rings is 2. The summed E-state index contributed by atoms with van der Waals surface area (Å²) in [6.45, 7) is 2.07. The molecule has 0 bridgehead atoms. The van der Waals surface area contributed by atoms with Crippen LogP contribution in [0.3, 0.4) is 0 Å². The number of ether oxygens (including phenoxy) is 1. The second-order valence-electron chi connectivity index (χ2n) is 5.57. The van der Waals surface area contributed by atoms with E-state index in [1.807, 2.05) is 24.3 Å². The van der Waals surface area contributed by atoms with Crippen molar-refractivity contribution in [3.63, 3.8) is 0 Å². The molecule has 2 aromatic rings. The molecule has 0 spiro atoms. The molecule has 0 heterocycles. The molecule has 26 heavy (non-hydrogen) atoms. The lowest BCUT2D eigenvalue weighted by Crippen LogP contribution is -2.22. The molecule has 0 fully saturated rings. The molecule has 6 heteroatoms. The van der Waals surface area contributed by atoms with E-state index in [-0.39, 0.29) is 5.91 Å². The predicted octanol–water partition coefficient (Wildman–Crippen LogP) is 4.77. The van der Waals surface area contributed by atoms with Crippen LogP contribution in [0.15, 0.2) is 58.3 Å². The Morgan fingerprint density at radius 3 is 2.58 bits per heavy atom. The number of carbonyl (C=O) groups excluding carboxylic acids is 2. The van der Waals surface area contributed by atoms with Gasteiger partial charge in [-0.05, 0) is 48.9 Å². The van der Waals surface area contributed by atoms with Crippen LogP contribution in [0.4, 0.5) is 0 Å². The molecule has 1 amide bonds. The van der Waals surface area contributed by atoms with Crippen molar-refractivity contribution in [2.75, 3.05) is 20.7 Å². The summed E-state index contributed by atoms with van der Waals surface area (Å²) < 4.78 is 4.91. The molecule has 0 N–H and O–H groups in total. The zero-order valence-electron chi connectivity index (χ0n) is 14.9. The van der Waals surface area contributed by atoms with Crippen LogP contribution in [0.1, 0.15) is 22.8 Å². The fourth-order valence-corrected chi connectivity index (χ4v) is 3.39. The first kappa shape index (κ1) is 20.1. The van der Waals surface area contributed by atoms with Crippen LogP contribution >= 0.6 is 23.4 Å². The maximum Gasteiger partial charge on any atom is 0.330 e. The molecule has 0 atom stereocenters. The van der Waals surface area contributed by atoms with Gasteiger partial charge in [0.25, 0.3) is 5.91 Å². The minimum Gasteiger partial charge on any atom is -0.463 e. The monoisotopic (exact) mass is 389 g/mol. The van der Waals surface area contributed by atoms with E-state index < -0.39 is 5.97 Å². The smallest absolute Gasteiger partial charge is 0.330 e. The van der Waals surface area contributed by atoms with Gasteiger partial charge in [-0.3, -0.25) is 4.79 Å². The number of amides is 1. The van der Waals surface area contributed by atoms with Gasteiger partial charge in [0.15, 0.2) is 0 Å². The Kier molecular flexibility index (Phi) is 7.30. The maximum atomic E-state index is 12.4. The van der Waals surface area contributed by atoms with E-state index >= 15 is 0 Å². The van der Waals surface area contributed by atoms with Gasteiger partial charge in [-0.25, -0.2) is 4.79 Å². The molecular weight excluding hydrogens is 370 g/mol. The third kappa shape index (κ3) is 5.38. The average molecular weight is 390 g/mol. The van der Waals surface area contributed by atoms with Crippen LogP contribution in [0, 0.1) is 0 Å². The first-order valence-corrected chi connectivity index (χ1v) is 9.24. The van der Waals surface area contributed by atoms with E-state index in [9.17, 15) is 9.59 Å². The Labute approximate surface area is 162 Å². The van der Waals surface area contributed by atoms with Gasteiger partial charge >= 0.3 is 5.97 Å². The molecular formula is C20H20ClNO3S. The summed E-state index contributed by atoms with van der Waals surface area (Å²) in [6, 6.07) is 12.8. The Bertz CT molecular complexity index is 834. The van der Waals surface area contributed by atoms with Gasteiger partial charge in [0.05, 0.1) is 12.2 Å². The molecule has 2 aromatic carbocycles. The summed E-state index contributed by atoms with van der Waals surface area (Å²) in [5.41, 5.74) is 1.40. The maximum absolute atomic E-state index is 12.4. The second kappa shape index (κ2) is 9.46. The van der Waals surface area contributed by atoms with E-state index in [4.69, 9.17) is 16.3 Å². The Balaban J connectivity index is 2.36. The van der Waals surface area contributed by atoms with E-state index in [0.29, 0.717) is 17.2 Å². The first-order chi connectivity index (χ1) is 12.4. The molecule has 0 saturated carbocycles. The minimum atomic E-state index is -0.411. The predicted molar refractivity (Wildman–Crippen MR) is 106 cm³/mol. The van der Waals surface area contributed by atoms with E-state index in [1.165, 1.54) is 17.8 Å². The highest BCUT2D eigenvalue weighted by Gasteiger charge is 2.14. The zero-order chi connectivity index (χ0) is 19.1. The fourth-order valence-electron chi connectivity index (χ4n) is 2.18. The standard InChI is InChI=1S/C20H20ClNO3S/c1-4-25-19(23)12-9-14-13-15(21)10-11-17(14)26-18-8-6-5-7-16(18)20(24)22(2)3/h5-13H,4H2,1-3H3/b12-9+. The topological polar surface area (TPSA) is 46.6 Å². The lowest BCUT2D eigenvalue weighted by molar-refractivity contribution is -0.137. The molecule has 0 saturated heterocycles. The molecule has 0 aromatic heterocycles. The average Bonchev–Trinajstić information content (AvgIpc) is 2.62. The Hall–Kier alpha value is -2.24. The van der Waals surface area contributed by atoms with Crippen LogP contribution in [0.25, 0.3) is 6.08 Å². The van der Waals surface area contributed by atoms with Crippen LogP contribution in [0.5, 0.6) is 0 Å². The summed E-state index contributed by atoms with van der Waals surface area (Å²) in [7, 11) is 3.44. The number of carbonyl (C=O) groups is 2. The van der Waals surface area contributed by atoms with E-state index in [1.54, 1.807) is 50.2 Å². The van der Waals surface area contributed by atoms with Gasteiger partial charge in [0.1, 0.15) is 0 Å². The van der Waals surface area contributed by atoms with Gasteiger partial charge in [-0.15, -0.1) is 0 Å². The molecule has 2 rings (SSSR count). The lowest BCUT2D eigenvalue weighted by atomic mass is 10.2. The third-order valence-electron chi connectivity index (χ3n) is 3.40. The number of hydrogen-bond donors (Lipinski definition) is 0. The zero-order valence-corrected chi connectivity index (χ0v) is 16.4. The van der Waals surface area contributed by atoms with Crippen LogP contribution < -0.4 is 0 Å². The Morgan fingerprint density at radius 1 is 1.15 bits per heavy atom. The molecule has 4 nitrogen and oxygen atoms in total. The number of hydrogen-bond acceptors (Lipinski definition) is 4. The largest absolute Gasteiger partial charge is 0.463 e. The van der Waals surface area contributed by atoms with Gasteiger partial charge in [0, 0.05) is 35.0 Å². The number of halogens is 1. The van der Waals surface area contributed by atoms with Crippen molar-refractivity contribution in [3.05, 3.63) is 64.7 Å². The van der Waals surface area contributed by atoms with E-state index in [2.05, 4.69) is 0 Å². The highest BCUT2D eigenvalue weighted by Crippen LogP contribution is 2.35. The molecule has 0 aliphatic rings. The fraction of sp³-hybridized carbons (Fsp3) is 0.200. The first-order valence-electron chi connectivity index (χ1n) is 8.05. The molecule has 0 aliphatic heterocycles. The SMILES string of the molecule is CCOC(=O)/C=C/c1cc(Cl)ccc1Sc1ccccc1C(=O)N(C)C. The number of esters is 1. The van der Waals surface area contributed by atoms with E-state index in [0.717, 1.165) is 15.4 Å². The highest BCUT2D eigenvalue weighted by molar-refractivity contribution is 7.99. The van der Waals surface area contributed by atoms with Crippen molar-refractivity contribution in [2.45, 2.75) is 16.7 Å². The van der Waals surface area contributed by atoms with Gasteiger partial charge < -0.3 is 9.64 Å². The van der Waals surface area contributed by atoms with Crippen molar-refractivity contribution >= 4 is 41.3 Å². The van der Waals surface area contributed by atoms with Crippen molar-refractivity contribution in [1.29, 1.82) is 0 Å². The molecule has 0 radical (unpaired) electrons. The summed E-state index contributed by atoms with van der Waals surface area (Å²) in [5.74, 6) is -0.475. The van der Waals surface area contributed by atoms with Crippen molar-refractivity contribution in [3.8, 4) is 0 Å². The van der Waals surface area contributed by atoms with Crippen LogP contribution in [-0.4, -0.2) is 37.5 Å². The molecule has 136 valence electrons. The normalized spacial score (nSPS) is 10.8. The van der Waals surface area contributed by atoms with Gasteiger partial charge in [0.2, 0.25) is 0 Å². The number of rotatable bonds is 6. The molecule has 0 aliphatic carbocycles. The van der Waals surface area contributed by atoms with Gasteiger partial charge in [-0.1, -0.05) is 35.5 Å². The quantitative estimate of drug-likeness (QED) is 0.527. The van der Waals surface area contributed by atoms with Gasteiger partial charge in [-0.2, -0.15) is 0 Å². The third-order valence-corrected chi connectivity index (χ3v) is 4.80. The summed E-state index contributed by atoms with van der Waals surface area (Å²) in [5, 5.41) is 0.565. The summed E-state index contributed by atoms with van der Waals surface area (Å²) in [6.07, 6.45) is 3.04. The van der Waals surface area contributed by atoms with Crippen LogP contribution in [0.2, 0.25) is 5.02 Å². The second-order valence-corrected chi connectivity index (χ2v) is 7.09. The summed E-state index contributed by atoms with van der Waals surface area (Å²) >= 11 is 7.55. The lowest BCUT2D eigenvalue weighted by Gasteiger charge is -2.14.